The second-order valence-electron chi connectivity index (χ2n) is 8.43. The molecule has 1 aliphatic rings. The fourth-order valence-electron chi connectivity index (χ4n) is 3.48. The Morgan fingerprint density at radius 3 is 2.61 bits per heavy atom. The van der Waals surface area contributed by atoms with Crippen LogP contribution in [-0.2, 0) is 17.6 Å². The number of rotatable bonds is 7. The summed E-state index contributed by atoms with van der Waals surface area (Å²) >= 11 is 0. The van der Waals surface area contributed by atoms with Crippen molar-refractivity contribution in [2.24, 2.45) is 5.41 Å². The lowest BCUT2D eigenvalue weighted by molar-refractivity contribution is -0.128. The number of ether oxygens (including phenoxy) is 1. The van der Waals surface area contributed by atoms with E-state index in [-0.39, 0.29) is 17.1 Å². The van der Waals surface area contributed by atoms with Gasteiger partial charge in [-0.05, 0) is 36.0 Å². The quantitative estimate of drug-likeness (QED) is 0.681. The molecule has 0 atom stereocenters. The van der Waals surface area contributed by atoms with Crippen molar-refractivity contribution < 1.29 is 18.8 Å². The topological polar surface area (TPSA) is 72.6 Å². The number of hydrogen-bond donors (Lipinski definition) is 0. The van der Waals surface area contributed by atoms with E-state index >= 15 is 0 Å². The summed E-state index contributed by atoms with van der Waals surface area (Å²) in [6, 6.07) is 7.73. The van der Waals surface area contributed by atoms with Crippen molar-refractivity contribution in [2.45, 2.75) is 46.0 Å². The maximum Gasteiger partial charge on any atom is 0.222 e. The Labute approximate surface area is 165 Å². The van der Waals surface area contributed by atoms with E-state index in [0.717, 1.165) is 23.4 Å². The molecule has 0 radical (unpaired) electrons. The van der Waals surface area contributed by atoms with Gasteiger partial charge in [0.15, 0.2) is 11.5 Å². The van der Waals surface area contributed by atoms with Gasteiger partial charge >= 0.3 is 0 Å². The van der Waals surface area contributed by atoms with Crippen molar-refractivity contribution in [1.82, 2.24) is 10.1 Å². The maximum absolute atomic E-state index is 12.5. The Hall–Kier alpha value is -2.63. The first-order valence-corrected chi connectivity index (χ1v) is 9.68. The molecule has 3 rings (SSSR count). The van der Waals surface area contributed by atoms with Crippen LogP contribution in [0.25, 0.3) is 0 Å². The Kier molecular flexibility index (Phi) is 5.87. The van der Waals surface area contributed by atoms with Gasteiger partial charge in [0.1, 0.15) is 5.75 Å². The molecule has 0 aliphatic heterocycles. The van der Waals surface area contributed by atoms with Crippen molar-refractivity contribution in [2.75, 3.05) is 20.7 Å². The molecular weight excluding hydrogens is 356 g/mol. The highest BCUT2D eigenvalue weighted by Gasteiger charge is 2.35. The van der Waals surface area contributed by atoms with Crippen molar-refractivity contribution in [3.63, 3.8) is 0 Å². The number of ketones is 1. The van der Waals surface area contributed by atoms with Crippen LogP contribution in [0.1, 0.15) is 60.5 Å². The molecule has 28 heavy (non-hydrogen) atoms. The molecule has 1 aliphatic carbocycles. The number of amides is 1. The predicted octanol–water partition coefficient (Wildman–Crippen LogP) is 3.67. The van der Waals surface area contributed by atoms with Crippen LogP contribution in [0.15, 0.2) is 28.8 Å². The summed E-state index contributed by atoms with van der Waals surface area (Å²) in [7, 11) is 3.50. The van der Waals surface area contributed by atoms with Crippen LogP contribution >= 0.6 is 0 Å². The molecule has 0 fully saturated rings. The average Bonchev–Trinajstić information content (AvgIpc) is 3.01. The van der Waals surface area contributed by atoms with Crippen LogP contribution in [-0.4, -0.2) is 42.4 Å². The highest BCUT2D eigenvalue weighted by molar-refractivity contribution is 5.99. The SMILES string of the molecule is CN(C)C(=O)CCCOc1ccc(Cc2onc3c2C(=O)CC(C)(C)C3)cc1. The molecule has 0 N–H and O–H groups in total. The third-order valence-corrected chi connectivity index (χ3v) is 4.99. The van der Waals surface area contributed by atoms with Crippen LogP contribution < -0.4 is 4.74 Å². The number of aromatic nitrogens is 1. The monoisotopic (exact) mass is 384 g/mol. The number of carbonyl (C=O) groups is 2. The summed E-state index contributed by atoms with van der Waals surface area (Å²) in [4.78, 5) is 25.6. The lowest BCUT2D eigenvalue weighted by Crippen LogP contribution is -2.27. The van der Waals surface area contributed by atoms with Gasteiger partial charge in [0, 0.05) is 33.4 Å². The van der Waals surface area contributed by atoms with Crippen molar-refractivity contribution in [1.29, 1.82) is 0 Å². The van der Waals surface area contributed by atoms with Gasteiger partial charge < -0.3 is 14.2 Å². The highest BCUT2D eigenvalue weighted by atomic mass is 16.5. The summed E-state index contributed by atoms with van der Waals surface area (Å²) in [5, 5.41) is 4.14. The summed E-state index contributed by atoms with van der Waals surface area (Å²) < 4.78 is 11.2. The average molecular weight is 384 g/mol. The fraction of sp³-hybridized carbons (Fsp3) is 0.500. The van der Waals surface area contributed by atoms with Gasteiger partial charge in [-0.2, -0.15) is 0 Å². The Bertz CT molecular complexity index is 850. The van der Waals surface area contributed by atoms with Gasteiger partial charge in [-0.3, -0.25) is 9.59 Å². The fourth-order valence-corrected chi connectivity index (χ4v) is 3.48. The summed E-state index contributed by atoms with van der Waals surface area (Å²) in [5.41, 5.74) is 2.43. The zero-order valence-electron chi connectivity index (χ0n) is 17.1. The second kappa shape index (κ2) is 8.17. The Morgan fingerprint density at radius 1 is 1.21 bits per heavy atom. The molecule has 1 amide bonds. The van der Waals surface area contributed by atoms with Crippen molar-refractivity contribution >= 4 is 11.7 Å². The first kappa shape index (κ1) is 20.1. The smallest absolute Gasteiger partial charge is 0.222 e. The lowest BCUT2D eigenvalue weighted by atomic mass is 9.75. The molecule has 6 nitrogen and oxygen atoms in total. The van der Waals surface area contributed by atoms with Gasteiger partial charge in [-0.15, -0.1) is 0 Å². The molecule has 150 valence electrons. The number of nitrogens with zero attached hydrogens (tertiary/aromatic N) is 2. The first-order valence-electron chi connectivity index (χ1n) is 9.68. The molecule has 6 heteroatoms. The van der Waals surface area contributed by atoms with Crippen LogP contribution in [0, 0.1) is 5.41 Å². The number of hydrogen-bond acceptors (Lipinski definition) is 5. The number of carbonyl (C=O) groups excluding carboxylic acids is 2. The predicted molar refractivity (Wildman–Crippen MR) is 106 cm³/mol. The maximum atomic E-state index is 12.5. The van der Waals surface area contributed by atoms with E-state index < -0.39 is 0 Å². The normalized spacial score (nSPS) is 15.2. The minimum atomic E-state index is -0.0611. The number of benzene rings is 1. The summed E-state index contributed by atoms with van der Waals surface area (Å²) in [6.45, 7) is 4.66. The van der Waals surface area contributed by atoms with Crippen LogP contribution in [0.4, 0.5) is 0 Å². The minimum absolute atomic E-state index is 0.0611. The van der Waals surface area contributed by atoms with Crippen LogP contribution in [0.3, 0.4) is 0 Å². The lowest BCUT2D eigenvalue weighted by Gasteiger charge is -2.26. The Morgan fingerprint density at radius 2 is 1.93 bits per heavy atom. The molecule has 1 heterocycles. The van der Waals surface area contributed by atoms with Crippen LogP contribution in [0.5, 0.6) is 5.75 Å². The molecule has 2 aromatic rings. The molecule has 0 saturated carbocycles. The molecule has 1 aromatic heterocycles. The molecule has 0 saturated heterocycles. The van der Waals surface area contributed by atoms with E-state index in [1.165, 1.54) is 0 Å². The minimum Gasteiger partial charge on any atom is -0.494 e. The van der Waals surface area contributed by atoms with Crippen LogP contribution in [0.2, 0.25) is 0 Å². The van der Waals surface area contributed by atoms with Crippen molar-refractivity contribution in [3.8, 4) is 5.75 Å². The van der Waals surface area contributed by atoms with E-state index in [4.69, 9.17) is 9.26 Å². The van der Waals surface area contributed by atoms with Gasteiger partial charge in [0.25, 0.3) is 0 Å². The molecular formula is C22H28N2O4. The van der Waals surface area contributed by atoms with Gasteiger partial charge in [-0.1, -0.05) is 31.1 Å². The molecule has 0 bridgehead atoms. The standard InChI is InChI=1S/C22H28N2O4/c1-22(2)13-17-21(18(25)14-22)19(28-23-17)12-15-7-9-16(10-8-15)27-11-5-6-20(26)24(3)4/h7-10H,5-6,11-14H2,1-4H3. The second-order valence-corrected chi connectivity index (χ2v) is 8.43. The van der Waals surface area contributed by atoms with Crippen molar-refractivity contribution in [3.05, 3.63) is 46.8 Å². The van der Waals surface area contributed by atoms with E-state index in [1.807, 2.05) is 24.3 Å². The molecule has 0 spiro atoms. The Balaban J connectivity index is 1.56. The van der Waals surface area contributed by atoms with E-state index in [0.29, 0.717) is 43.6 Å². The third-order valence-electron chi connectivity index (χ3n) is 4.99. The highest BCUT2D eigenvalue weighted by Crippen LogP contribution is 2.36. The van der Waals surface area contributed by atoms with E-state index in [1.54, 1.807) is 19.0 Å². The zero-order valence-corrected chi connectivity index (χ0v) is 17.1. The summed E-state index contributed by atoms with van der Waals surface area (Å²) in [5.74, 6) is 1.63. The van der Waals surface area contributed by atoms with Gasteiger partial charge in [-0.25, -0.2) is 0 Å². The largest absolute Gasteiger partial charge is 0.494 e. The third kappa shape index (κ3) is 4.80. The van der Waals surface area contributed by atoms with Gasteiger partial charge in [0.05, 0.1) is 17.9 Å². The molecule has 1 aromatic carbocycles. The number of Topliss-reactive ketones (excluding diaryl/α,β-unsaturated/α-hetero) is 1. The van der Waals surface area contributed by atoms with E-state index in [2.05, 4.69) is 19.0 Å². The zero-order chi connectivity index (χ0) is 20.3. The van der Waals surface area contributed by atoms with E-state index in [9.17, 15) is 9.59 Å². The molecule has 0 unspecified atom stereocenters. The first-order chi connectivity index (χ1) is 13.2. The number of fused-ring (bicyclic) bond motifs is 1. The summed E-state index contributed by atoms with van der Waals surface area (Å²) in [6.07, 6.45) is 2.98. The van der Waals surface area contributed by atoms with Gasteiger partial charge in [0.2, 0.25) is 5.91 Å².